The Hall–Kier alpha value is -2.88. The van der Waals surface area contributed by atoms with E-state index in [-0.39, 0.29) is 6.42 Å². The number of carbonyl (C=O) groups excluding carboxylic acids is 2. The van der Waals surface area contributed by atoms with Crippen molar-refractivity contribution in [3.05, 3.63) is 41.1 Å². The van der Waals surface area contributed by atoms with Crippen LogP contribution in [0.3, 0.4) is 0 Å². The summed E-state index contributed by atoms with van der Waals surface area (Å²) in [5, 5.41) is 35.3. The Morgan fingerprint density at radius 3 is 2.64 bits per heavy atom. The fourth-order valence-electron chi connectivity index (χ4n) is 6.15. The minimum atomic E-state index is -2.46. The van der Waals surface area contributed by atoms with Crippen molar-refractivity contribution in [1.82, 2.24) is 14.4 Å². The van der Waals surface area contributed by atoms with Crippen molar-refractivity contribution >= 4 is 22.7 Å². The molecule has 3 aliphatic rings. The van der Waals surface area contributed by atoms with Gasteiger partial charge in [0.25, 0.3) is 11.6 Å². The number of fused-ring (bicyclic) bond motifs is 5. The third-order valence-corrected chi connectivity index (χ3v) is 7.73. The standard InChI is InChI=1S/C27H35N3O6/c1-15(2)10-12-28-19-13-16(36-5)8-9-17(19)21-22(28)20(14-26(3,4)34)30-24(32)18-7-6-11-29(18)25(33)27(30,35)23(21)31/h8-10,13,18,20,23,31,34-35H,6-7,11-12,14H2,1-5H3. The molecule has 0 bridgehead atoms. The maximum Gasteiger partial charge on any atom is 0.279 e. The van der Waals surface area contributed by atoms with E-state index in [2.05, 4.69) is 0 Å². The molecular weight excluding hydrogens is 462 g/mol. The molecule has 9 heteroatoms. The molecule has 0 radical (unpaired) electrons. The summed E-state index contributed by atoms with van der Waals surface area (Å²) in [6, 6.07) is 3.92. The summed E-state index contributed by atoms with van der Waals surface area (Å²) in [7, 11) is 1.57. The molecule has 2 fully saturated rings. The number of aliphatic hydroxyl groups is 3. The highest BCUT2D eigenvalue weighted by molar-refractivity contribution is 6.01. The van der Waals surface area contributed by atoms with Gasteiger partial charge in [0.05, 0.1) is 24.3 Å². The maximum absolute atomic E-state index is 13.9. The van der Waals surface area contributed by atoms with Gasteiger partial charge in [0.1, 0.15) is 17.9 Å². The number of nitrogens with zero attached hydrogens (tertiary/aromatic N) is 3. The molecule has 9 nitrogen and oxygen atoms in total. The van der Waals surface area contributed by atoms with Gasteiger partial charge >= 0.3 is 0 Å². The number of benzene rings is 1. The van der Waals surface area contributed by atoms with Gasteiger partial charge in [-0.15, -0.1) is 0 Å². The van der Waals surface area contributed by atoms with Gasteiger partial charge in [-0.2, -0.15) is 0 Å². The summed E-state index contributed by atoms with van der Waals surface area (Å²) in [6.07, 6.45) is 1.61. The van der Waals surface area contributed by atoms with Crippen LogP contribution in [-0.4, -0.2) is 72.5 Å². The topological polar surface area (TPSA) is 115 Å². The van der Waals surface area contributed by atoms with Crippen molar-refractivity contribution in [3.8, 4) is 5.75 Å². The van der Waals surface area contributed by atoms with Crippen LogP contribution in [0.5, 0.6) is 5.75 Å². The van der Waals surface area contributed by atoms with Crippen molar-refractivity contribution in [2.24, 2.45) is 0 Å². The van der Waals surface area contributed by atoms with E-state index >= 15 is 0 Å². The number of piperazine rings is 1. The second-order valence-electron chi connectivity index (χ2n) is 11.1. The number of amides is 2. The Bertz CT molecular complexity index is 1270. The first-order valence-electron chi connectivity index (χ1n) is 12.5. The lowest BCUT2D eigenvalue weighted by atomic mass is 9.80. The third kappa shape index (κ3) is 3.48. The van der Waals surface area contributed by atoms with Gasteiger partial charge in [-0.1, -0.05) is 11.6 Å². The number of hydrogen-bond acceptors (Lipinski definition) is 6. The number of hydrogen-bond donors (Lipinski definition) is 3. The number of carbonyl (C=O) groups is 2. The fourth-order valence-corrected chi connectivity index (χ4v) is 6.15. The summed E-state index contributed by atoms with van der Waals surface area (Å²) in [5.41, 5.74) is -0.830. The lowest BCUT2D eigenvalue weighted by molar-refractivity contribution is -0.235. The smallest absolute Gasteiger partial charge is 0.279 e. The molecule has 4 atom stereocenters. The molecular formula is C27H35N3O6. The number of ether oxygens (including phenoxy) is 1. The second-order valence-corrected chi connectivity index (χ2v) is 11.1. The van der Waals surface area contributed by atoms with Gasteiger partial charge < -0.3 is 29.5 Å². The average Bonchev–Trinajstić information content (AvgIpc) is 3.41. The minimum absolute atomic E-state index is 0.0725. The normalized spacial score (nSPS) is 27.7. The van der Waals surface area contributed by atoms with Crippen LogP contribution in [0.2, 0.25) is 0 Å². The number of aliphatic hydroxyl groups excluding tert-OH is 1. The Balaban J connectivity index is 1.84. The largest absolute Gasteiger partial charge is 0.497 e. The van der Waals surface area contributed by atoms with Crippen molar-refractivity contribution < 1.29 is 29.6 Å². The Morgan fingerprint density at radius 2 is 2.00 bits per heavy atom. The van der Waals surface area contributed by atoms with Gasteiger partial charge in [-0.25, -0.2) is 0 Å². The van der Waals surface area contributed by atoms with E-state index in [0.29, 0.717) is 48.3 Å². The van der Waals surface area contributed by atoms with Crippen LogP contribution >= 0.6 is 0 Å². The SMILES string of the molecule is COc1ccc2c3c(n(CC=C(C)C)c2c1)C(CC(C)(C)O)N1C(=O)C2CCCN2C(=O)C1(O)C3O. The van der Waals surface area contributed by atoms with Crippen molar-refractivity contribution in [2.45, 2.75) is 83.0 Å². The lowest BCUT2D eigenvalue weighted by Gasteiger charge is -2.55. The molecule has 3 aliphatic heterocycles. The quantitative estimate of drug-likeness (QED) is 0.547. The summed E-state index contributed by atoms with van der Waals surface area (Å²) in [5.74, 6) is -0.444. The Kier molecular flexibility index (Phi) is 5.74. The van der Waals surface area contributed by atoms with Crippen molar-refractivity contribution in [2.75, 3.05) is 13.7 Å². The molecule has 2 amide bonds. The van der Waals surface area contributed by atoms with Crippen LogP contribution in [0, 0.1) is 0 Å². The summed E-state index contributed by atoms with van der Waals surface area (Å²) >= 11 is 0. The first-order valence-corrected chi connectivity index (χ1v) is 12.5. The fraction of sp³-hybridized carbons (Fsp3) is 0.556. The van der Waals surface area contributed by atoms with Gasteiger partial charge in [0, 0.05) is 42.2 Å². The van der Waals surface area contributed by atoms with Crippen LogP contribution in [0.25, 0.3) is 10.9 Å². The van der Waals surface area contributed by atoms with Gasteiger partial charge in [0.15, 0.2) is 0 Å². The first-order chi connectivity index (χ1) is 16.9. The van der Waals surface area contributed by atoms with E-state index in [4.69, 9.17) is 4.74 Å². The highest BCUT2D eigenvalue weighted by atomic mass is 16.5. The van der Waals surface area contributed by atoms with E-state index in [0.717, 1.165) is 11.1 Å². The zero-order valence-corrected chi connectivity index (χ0v) is 21.5. The van der Waals surface area contributed by atoms with Crippen LogP contribution in [0.1, 0.15) is 70.4 Å². The van der Waals surface area contributed by atoms with E-state index in [1.165, 1.54) is 9.80 Å². The highest BCUT2D eigenvalue weighted by Gasteiger charge is 2.66. The van der Waals surface area contributed by atoms with Crippen LogP contribution in [-0.2, 0) is 16.1 Å². The van der Waals surface area contributed by atoms with Gasteiger partial charge in [-0.3, -0.25) is 14.5 Å². The molecule has 3 N–H and O–H groups in total. The number of aromatic nitrogens is 1. The monoisotopic (exact) mass is 497 g/mol. The predicted octanol–water partition coefficient (Wildman–Crippen LogP) is 2.39. The molecule has 1 aromatic heterocycles. The van der Waals surface area contributed by atoms with Crippen molar-refractivity contribution in [3.63, 3.8) is 0 Å². The zero-order chi connectivity index (χ0) is 26.2. The molecule has 4 unspecified atom stereocenters. The first kappa shape index (κ1) is 24.8. The predicted molar refractivity (Wildman–Crippen MR) is 133 cm³/mol. The molecule has 2 saturated heterocycles. The molecule has 36 heavy (non-hydrogen) atoms. The van der Waals surface area contributed by atoms with Crippen LogP contribution in [0.15, 0.2) is 29.8 Å². The van der Waals surface area contributed by atoms with E-state index in [1.54, 1.807) is 27.0 Å². The number of methoxy groups -OCH3 is 1. The van der Waals surface area contributed by atoms with E-state index in [1.807, 2.05) is 36.6 Å². The molecule has 5 rings (SSSR count). The minimum Gasteiger partial charge on any atom is -0.497 e. The molecule has 0 saturated carbocycles. The lowest BCUT2D eigenvalue weighted by Crippen LogP contribution is -2.74. The average molecular weight is 498 g/mol. The molecule has 2 aromatic rings. The van der Waals surface area contributed by atoms with E-state index < -0.39 is 41.3 Å². The zero-order valence-electron chi connectivity index (χ0n) is 21.5. The van der Waals surface area contributed by atoms with Crippen LogP contribution < -0.4 is 4.74 Å². The molecule has 4 heterocycles. The summed E-state index contributed by atoms with van der Waals surface area (Å²) < 4.78 is 7.46. The number of allylic oxidation sites excluding steroid dienone is 2. The Labute approximate surface area is 210 Å². The van der Waals surface area contributed by atoms with Gasteiger partial charge in [-0.05, 0) is 52.7 Å². The molecule has 0 spiro atoms. The third-order valence-electron chi connectivity index (χ3n) is 7.73. The highest BCUT2D eigenvalue weighted by Crippen LogP contribution is 2.53. The van der Waals surface area contributed by atoms with Crippen LogP contribution in [0.4, 0.5) is 0 Å². The summed E-state index contributed by atoms with van der Waals surface area (Å²) in [6.45, 7) is 8.06. The van der Waals surface area contributed by atoms with Crippen molar-refractivity contribution in [1.29, 1.82) is 0 Å². The second kappa shape index (κ2) is 8.33. The molecule has 194 valence electrons. The summed E-state index contributed by atoms with van der Waals surface area (Å²) in [4.78, 5) is 30.2. The molecule has 1 aromatic carbocycles. The van der Waals surface area contributed by atoms with Gasteiger partial charge in [0.2, 0.25) is 5.91 Å². The van der Waals surface area contributed by atoms with E-state index in [9.17, 15) is 24.9 Å². The number of rotatable bonds is 5. The molecule has 0 aliphatic carbocycles. The maximum atomic E-state index is 13.9. The Morgan fingerprint density at radius 1 is 1.28 bits per heavy atom.